The highest BCUT2D eigenvalue weighted by atomic mass is 16.5. The second kappa shape index (κ2) is 5.45. The van der Waals surface area contributed by atoms with Crippen molar-refractivity contribution in [1.82, 2.24) is 4.98 Å². The van der Waals surface area contributed by atoms with E-state index in [1.807, 2.05) is 31.2 Å². The van der Waals surface area contributed by atoms with Crippen molar-refractivity contribution in [3.63, 3.8) is 0 Å². The molecule has 0 bridgehead atoms. The maximum atomic E-state index is 12.2. The number of aryl methyl sites for hydroxylation is 1. The Morgan fingerprint density at radius 2 is 1.94 bits per heavy atom. The molecular weight excluding hydrogens is 226 g/mol. The van der Waals surface area contributed by atoms with Crippen molar-refractivity contribution in [3.05, 3.63) is 59.3 Å². The lowest BCUT2D eigenvalue weighted by molar-refractivity contribution is 0.0989. The van der Waals surface area contributed by atoms with Crippen LogP contribution in [0, 0.1) is 6.92 Å². The summed E-state index contributed by atoms with van der Waals surface area (Å²) in [4.78, 5) is 16.2. The third-order valence-electron chi connectivity index (χ3n) is 2.75. The Morgan fingerprint density at radius 3 is 2.61 bits per heavy atom. The fraction of sp³-hybridized carbons (Fsp3) is 0.200. The van der Waals surface area contributed by atoms with E-state index in [-0.39, 0.29) is 5.78 Å². The van der Waals surface area contributed by atoms with Crippen LogP contribution in [-0.4, -0.2) is 17.9 Å². The van der Waals surface area contributed by atoms with E-state index < -0.39 is 0 Å². The van der Waals surface area contributed by atoms with E-state index in [1.165, 1.54) is 12.7 Å². The number of rotatable bonds is 4. The smallest absolute Gasteiger partial charge is 0.224 e. The highest BCUT2D eigenvalue weighted by molar-refractivity contribution is 5.99. The van der Waals surface area contributed by atoms with Gasteiger partial charge in [0, 0.05) is 12.6 Å². The first-order chi connectivity index (χ1) is 8.70. The number of pyridine rings is 1. The van der Waals surface area contributed by atoms with Crippen LogP contribution in [0.25, 0.3) is 0 Å². The van der Waals surface area contributed by atoms with Gasteiger partial charge in [-0.1, -0.05) is 29.8 Å². The average Bonchev–Trinajstić information content (AvgIpc) is 2.41. The first-order valence-corrected chi connectivity index (χ1v) is 5.78. The molecule has 92 valence electrons. The van der Waals surface area contributed by atoms with Crippen molar-refractivity contribution in [2.75, 3.05) is 7.11 Å². The molecule has 18 heavy (non-hydrogen) atoms. The van der Waals surface area contributed by atoms with E-state index >= 15 is 0 Å². The second-order valence-electron chi connectivity index (χ2n) is 4.15. The van der Waals surface area contributed by atoms with Crippen LogP contribution >= 0.6 is 0 Å². The van der Waals surface area contributed by atoms with Crippen molar-refractivity contribution in [1.29, 1.82) is 0 Å². The van der Waals surface area contributed by atoms with E-state index in [4.69, 9.17) is 4.74 Å². The Morgan fingerprint density at radius 1 is 1.22 bits per heavy atom. The number of nitrogens with zero attached hydrogens (tertiary/aromatic N) is 1. The molecule has 1 aromatic heterocycles. The van der Waals surface area contributed by atoms with Gasteiger partial charge in [-0.05, 0) is 24.6 Å². The molecule has 3 nitrogen and oxygen atoms in total. The van der Waals surface area contributed by atoms with Gasteiger partial charge >= 0.3 is 0 Å². The van der Waals surface area contributed by atoms with Crippen LogP contribution < -0.4 is 4.74 Å². The van der Waals surface area contributed by atoms with E-state index in [0.29, 0.717) is 17.9 Å². The quantitative estimate of drug-likeness (QED) is 0.773. The fourth-order valence-corrected chi connectivity index (χ4v) is 1.75. The fourth-order valence-electron chi connectivity index (χ4n) is 1.75. The summed E-state index contributed by atoms with van der Waals surface area (Å²) in [6, 6.07) is 11.4. The van der Waals surface area contributed by atoms with Gasteiger partial charge in [-0.25, -0.2) is 4.98 Å². The molecule has 0 saturated carbocycles. The summed E-state index contributed by atoms with van der Waals surface area (Å²) in [5, 5.41) is 0. The van der Waals surface area contributed by atoms with Crippen molar-refractivity contribution in [2.45, 2.75) is 13.3 Å². The highest BCUT2D eigenvalue weighted by Gasteiger charge is 2.13. The van der Waals surface area contributed by atoms with Crippen LogP contribution in [0.2, 0.25) is 0 Å². The summed E-state index contributed by atoms with van der Waals surface area (Å²) in [5.74, 6) is 0.401. The third kappa shape index (κ3) is 2.74. The number of ether oxygens (including phenoxy) is 1. The molecule has 3 heteroatoms. The van der Waals surface area contributed by atoms with Crippen LogP contribution in [0.15, 0.2) is 42.6 Å². The molecule has 1 heterocycles. The SMILES string of the molecule is COc1ncccc1C(=O)Cc1ccc(C)cc1. The van der Waals surface area contributed by atoms with Gasteiger partial charge < -0.3 is 4.74 Å². The topological polar surface area (TPSA) is 39.2 Å². The van der Waals surface area contributed by atoms with Crippen molar-refractivity contribution in [2.24, 2.45) is 0 Å². The van der Waals surface area contributed by atoms with Gasteiger partial charge in [0.1, 0.15) is 0 Å². The Kier molecular flexibility index (Phi) is 3.72. The van der Waals surface area contributed by atoms with E-state index in [9.17, 15) is 4.79 Å². The largest absolute Gasteiger partial charge is 0.480 e. The summed E-state index contributed by atoms with van der Waals surface area (Å²) in [6.45, 7) is 2.02. The number of benzene rings is 1. The molecule has 0 aliphatic carbocycles. The molecule has 0 fully saturated rings. The minimum Gasteiger partial charge on any atom is -0.480 e. The van der Waals surface area contributed by atoms with Crippen LogP contribution in [0.3, 0.4) is 0 Å². The Bertz CT molecular complexity index is 547. The minimum atomic E-state index is 0.0174. The average molecular weight is 241 g/mol. The minimum absolute atomic E-state index is 0.0174. The summed E-state index contributed by atoms with van der Waals surface area (Å²) < 4.78 is 5.09. The number of aromatic nitrogens is 1. The van der Waals surface area contributed by atoms with Crippen LogP contribution in [-0.2, 0) is 6.42 Å². The normalized spacial score (nSPS) is 10.1. The lowest BCUT2D eigenvalue weighted by Crippen LogP contribution is -2.06. The van der Waals surface area contributed by atoms with Crippen LogP contribution in [0.4, 0.5) is 0 Å². The van der Waals surface area contributed by atoms with Gasteiger partial charge in [0.2, 0.25) is 5.88 Å². The summed E-state index contributed by atoms with van der Waals surface area (Å²) >= 11 is 0. The zero-order chi connectivity index (χ0) is 13.0. The van der Waals surface area contributed by atoms with Crippen molar-refractivity contribution < 1.29 is 9.53 Å². The Balaban J connectivity index is 2.19. The molecule has 2 aromatic rings. The van der Waals surface area contributed by atoms with Crippen molar-refractivity contribution in [3.8, 4) is 5.88 Å². The first kappa shape index (κ1) is 12.3. The third-order valence-corrected chi connectivity index (χ3v) is 2.75. The van der Waals surface area contributed by atoms with Gasteiger partial charge in [0.25, 0.3) is 0 Å². The van der Waals surface area contributed by atoms with Gasteiger partial charge in [-0.3, -0.25) is 4.79 Å². The summed E-state index contributed by atoms with van der Waals surface area (Å²) in [5.41, 5.74) is 2.71. The van der Waals surface area contributed by atoms with Crippen LogP contribution in [0.1, 0.15) is 21.5 Å². The molecule has 1 aromatic carbocycles. The maximum absolute atomic E-state index is 12.2. The first-order valence-electron chi connectivity index (χ1n) is 5.78. The molecule has 0 saturated heterocycles. The number of hydrogen-bond donors (Lipinski definition) is 0. The number of Topliss-reactive ketones (excluding diaryl/α,β-unsaturated/α-hetero) is 1. The zero-order valence-electron chi connectivity index (χ0n) is 10.5. The lowest BCUT2D eigenvalue weighted by atomic mass is 10.0. The number of carbonyl (C=O) groups excluding carboxylic acids is 1. The molecule has 0 spiro atoms. The van der Waals surface area contributed by atoms with Crippen molar-refractivity contribution >= 4 is 5.78 Å². The van der Waals surface area contributed by atoms with Gasteiger partial charge in [-0.15, -0.1) is 0 Å². The Hall–Kier alpha value is -2.16. The molecule has 0 atom stereocenters. The standard InChI is InChI=1S/C15H15NO2/c1-11-5-7-12(8-6-11)10-14(17)13-4-3-9-16-15(13)18-2/h3-9H,10H2,1-2H3. The number of methoxy groups -OCH3 is 1. The number of hydrogen-bond acceptors (Lipinski definition) is 3. The molecule has 0 N–H and O–H groups in total. The predicted molar refractivity (Wildman–Crippen MR) is 70.0 cm³/mol. The van der Waals surface area contributed by atoms with Gasteiger partial charge in [-0.2, -0.15) is 0 Å². The highest BCUT2D eigenvalue weighted by Crippen LogP contribution is 2.16. The monoisotopic (exact) mass is 241 g/mol. The predicted octanol–water partition coefficient (Wildman–Crippen LogP) is 2.82. The maximum Gasteiger partial charge on any atom is 0.224 e. The van der Waals surface area contributed by atoms with E-state index in [0.717, 1.165) is 5.56 Å². The molecule has 0 aliphatic heterocycles. The lowest BCUT2D eigenvalue weighted by Gasteiger charge is -2.06. The number of ketones is 1. The second-order valence-corrected chi connectivity index (χ2v) is 4.15. The van der Waals surface area contributed by atoms with Crippen LogP contribution in [0.5, 0.6) is 5.88 Å². The molecule has 0 amide bonds. The zero-order valence-corrected chi connectivity index (χ0v) is 10.5. The molecule has 2 rings (SSSR count). The summed E-state index contributed by atoms with van der Waals surface area (Å²) in [7, 11) is 1.52. The molecule has 0 radical (unpaired) electrons. The van der Waals surface area contributed by atoms with E-state index in [2.05, 4.69) is 4.98 Å². The molecule has 0 unspecified atom stereocenters. The summed E-state index contributed by atoms with van der Waals surface area (Å²) in [6.07, 6.45) is 1.98. The van der Waals surface area contributed by atoms with Gasteiger partial charge in [0.15, 0.2) is 5.78 Å². The number of carbonyl (C=O) groups is 1. The molecule has 0 aliphatic rings. The van der Waals surface area contributed by atoms with E-state index in [1.54, 1.807) is 18.3 Å². The Labute approximate surface area is 106 Å². The van der Waals surface area contributed by atoms with Gasteiger partial charge in [0.05, 0.1) is 12.7 Å². The molecular formula is C15H15NO2.